The number of carbonyl (C=O) groups is 1. The summed E-state index contributed by atoms with van der Waals surface area (Å²) in [5.41, 5.74) is -0.276. The molecule has 2 rings (SSSR count). The first-order valence-electron chi connectivity index (χ1n) is 6.25. The fourth-order valence-corrected chi connectivity index (χ4v) is 2.98. The molecule has 2 aliphatic rings. The molecule has 2 heterocycles. The van der Waals surface area contributed by atoms with E-state index in [4.69, 9.17) is 14.6 Å². The van der Waals surface area contributed by atoms with E-state index in [1.54, 1.807) is 4.90 Å². The van der Waals surface area contributed by atoms with Gasteiger partial charge in [-0.05, 0) is 27.2 Å². The van der Waals surface area contributed by atoms with Crippen LogP contribution >= 0.6 is 11.9 Å². The van der Waals surface area contributed by atoms with Crippen LogP contribution in [0, 0.1) is 5.41 Å². The molecule has 0 aliphatic carbocycles. The minimum Gasteiger partial charge on any atom is -0.444 e. The fourth-order valence-electron chi connectivity index (χ4n) is 2.55. The summed E-state index contributed by atoms with van der Waals surface area (Å²) in [7, 11) is 0. The van der Waals surface area contributed by atoms with Crippen molar-refractivity contribution in [2.24, 2.45) is 10.6 Å². The number of rotatable bonds is 2. The number of nitrogens with two attached hydrogens (primary N) is 1. The molecular formula is C12H22N2O3S. The van der Waals surface area contributed by atoms with Gasteiger partial charge in [0.05, 0.1) is 12.7 Å². The Bertz CT molecular complexity index is 324. The van der Waals surface area contributed by atoms with Gasteiger partial charge in [0.25, 0.3) is 0 Å². The van der Waals surface area contributed by atoms with Gasteiger partial charge in [0.2, 0.25) is 0 Å². The maximum atomic E-state index is 11.8. The Morgan fingerprint density at radius 2 is 2.22 bits per heavy atom. The Labute approximate surface area is 112 Å². The van der Waals surface area contributed by atoms with Crippen LogP contribution in [0.4, 0.5) is 4.79 Å². The van der Waals surface area contributed by atoms with Gasteiger partial charge in [-0.3, -0.25) is 5.14 Å². The van der Waals surface area contributed by atoms with Crippen LogP contribution in [0.3, 0.4) is 0 Å². The molecule has 0 saturated carbocycles. The number of carbonyl (C=O) groups excluding carboxylic acids is 1. The zero-order chi connectivity index (χ0) is 13.4. The van der Waals surface area contributed by atoms with Gasteiger partial charge in [-0.1, -0.05) is 11.9 Å². The number of likely N-dealkylation sites (tertiary alicyclic amines) is 1. The summed E-state index contributed by atoms with van der Waals surface area (Å²) in [4.78, 5) is 13.6. The highest BCUT2D eigenvalue weighted by molar-refractivity contribution is 7.97. The molecule has 0 aromatic heterocycles. The predicted octanol–water partition coefficient (Wildman–Crippen LogP) is 1.62. The van der Waals surface area contributed by atoms with Gasteiger partial charge in [0.1, 0.15) is 5.60 Å². The van der Waals surface area contributed by atoms with E-state index in [9.17, 15) is 4.79 Å². The van der Waals surface area contributed by atoms with Crippen LogP contribution in [-0.4, -0.2) is 48.1 Å². The molecule has 1 amide bonds. The first kappa shape index (κ1) is 14.0. The lowest BCUT2D eigenvalue weighted by Gasteiger charge is -2.47. The summed E-state index contributed by atoms with van der Waals surface area (Å²) in [5, 5.41) is 5.45. The third kappa shape index (κ3) is 3.10. The molecule has 0 aromatic rings. The summed E-state index contributed by atoms with van der Waals surface area (Å²) >= 11 is 1.32. The van der Waals surface area contributed by atoms with E-state index >= 15 is 0 Å². The van der Waals surface area contributed by atoms with Crippen molar-refractivity contribution >= 4 is 18.0 Å². The fraction of sp³-hybridized carbons (Fsp3) is 0.917. The van der Waals surface area contributed by atoms with E-state index in [0.29, 0.717) is 0 Å². The molecule has 2 fully saturated rings. The van der Waals surface area contributed by atoms with Crippen LogP contribution in [0.2, 0.25) is 0 Å². The van der Waals surface area contributed by atoms with Crippen molar-refractivity contribution in [3.63, 3.8) is 0 Å². The second-order valence-electron chi connectivity index (χ2n) is 6.31. The van der Waals surface area contributed by atoms with Gasteiger partial charge >= 0.3 is 6.09 Å². The average Bonchev–Trinajstić information content (AvgIpc) is 2.57. The minimum absolute atomic E-state index is 0.150. The molecule has 0 radical (unpaired) electrons. The van der Waals surface area contributed by atoms with Crippen molar-refractivity contribution in [1.82, 2.24) is 4.90 Å². The topological polar surface area (TPSA) is 64.8 Å². The zero-order valence-electron chi connectivity index (χ0n) is 11.3. The summed E-state index contributed by atoms with van der Waals surface area (Å²) in [5.74, 6) is 0.828. The smallest absolute Gasteiger partial charge is 0.410 e. The van der Waals surface area contributed by atoms with Crippen LogP contribution in [0.25, 0.3) is 0 Å². The standard InChI is InChI=1S/C12H22N2O3S/c1-11(2,3)17-10(15)14-6-12(7-14)4-9(5-18-13)16-8-12/h9H,4-8,13H2,1-3H3. The lowest BCUT2D eigenvalue weighted by Crippen LogP contribution is -2.59. The van der Waals surface area contributed by atoms with E-state index in [-0.39, 0.29) is 17.6 Å². The molecule has 6 heteroatoms. The van der Waals surface area contributed by atoms with Crippen LogP contribution in [0.1, 0.15) is 27.2 Å². The maximum absolute atomic E-state index is 11.8. The summed E-state index contributed by atoms with van der Waals surface area (Å²) in [6.45, 7) is 7.87. The molecular weight excluding hydrogens is 252 g/mol. The second-order valence-corrected chi connectivity index (χ2v) is 6.97. The Morgan fingerprint density at radius 3 is 2.78 bits per heavy atom. The molecule has 2 N–H and O–H groups in total. The van der Waals surface area contributed by atoms with Crippen molar-refractivity contribution < 1.29 is 14.3 Å². The van der Waals surface area contributed by atoms with Crippen LogP contribution in [0.5, 0.6) is 0 Å². The van der Waals surface area contributed by atoms with Crippen LogP contribution in [0.15, 0.2) is 0 Å². The number of hydrogen-bond acceptors (Lipinski definition) is 5. The van der Waals surface area contributed by atoms with Crippen LogP contribution in [-0.2, 0) is 9.47 Å². The SMILES string of the molecule is CC(C)(C)OC(=O)N1CC2(COC(CSN)C2)C1. The van der Waals surface area contributed by atoms with Gasteiger partial charge < -0.3 is 14.4 Å². The number of ether oxygens (including phenoxy) is 2. The highest BCUT2D eigenvalue weighted by Gasteiger charge is 2.51. The molecule has 2 saturated heterocycles. The minimum atomic E-state index is -0.426. The largest absolute Gasteiger partial charge is 0.444 e. The third-order valence-corrected chi connectivity index (χ3v) is 3.84. The zero-order valence-corrected chi connectivity index (χ0v) is 12.1. The molecule has 0 aromatic carbocycles. The molecule has 18 heavy (non-hydrogen) atoms. The first-order valence-corrected chi connectivity index (χ1v) is 7.30. The summed E-state index contributed by atoms with van der Waals surface area (Å²) < 4.78 is 11.0. The summed E-state index contributed by atoms with van der Waals surface area (Å²) in [6, 6.07) is 0. The van der Waals surface area contributed by atoms with Crippen molar-refractivity contribution in [2.75, 3.05) is 25.4 Å². The molecule has 1 unspecified atom stereocenters. The van der Waals surface area contributed by atoms with Gasteiger partial charge in [-0.25, -0.2) is 4.79 Å². The quantitative estimate of drug-likeness (QED) is 0.775. The molecule has 104 valence electrons. The van der Waals surface area contributed by atoms with Crippen molar-refractivity contribution in [2.45, 2.75) is 38.9 Å². The maximum Gasteiger partial charge on any atom is 0.410 e. The van der Waals surface area contributed by atoms with E-state index in [0.717, 1.165) is 31.9 Å². The first-order chi connectivity index (χ1) is 8.34. The third-order valence-electron chi connectivity index (χ3n) is 3.27. The van der Waals surface area contributed by atoms with E-state index in [1.165, 1.54) is 11.9 Å². The molecule has 1 spiro atoms. The lowest BCUT2D eigenvalue weighted by atomic mass is 9.78. The molecule has 5 nitrogen and oxygen atoms in total. The van der Waals surface area contributed by atoms with Gasteiger partial charge in [-0.15, -0.1) is 0 Å². The molecule has 0 bridgehead atoms. The summed E-state index contributed by atoms with van der Waals surface area (Å²) in [6.07, 6.45) is 1.02. The lowest BCUT2D eigenvalue weighted by molar-refractivity contribution is -0.0368. The van der Waals surface area contributed by atoms with Gasteiger partial charge in [-0.2, -0.15) is 0 Å². The van der Waals surface area contributed by atoms with Gasteiger partial charge in [0, 0.05) is 24.3 Å². The Kier molecular flexibility index (Phi) is 3.80. The van der Waals surface area contributed by atoms with Crippen molar-refractivity contribution in [3.8, 4) is 0 Å². The monoisotopic (exact) mass is 274 g/mol. The van der Waals surface area contributed by atoms with Crippen LogP contribution < -0.4 is 5.14 Å². The van der Waals surface area contributed by atoms with Crippen molar-refractivity contribution in [1.29, 1.82) is 0 Å². The Balaban J connectivity index is 1.78. The molecule has 2 aliphatic heterocycles. The predicted molar refractivity (Wildman–Crippen MR) is 71.2 cm³/mol. The number of amides is 1. The Morgan fingerprint density at radius 1 is 1.56 bits per heavy atom. The number of nitrogens with zero attached hydrogens (tertiary/aromatic N) is 1. The second kappa shape index (κ2) is 4.90. The van der Waals surface area contributed by atoms with E-state index in [2.05, 4.69) is 0 Å². The Hall–Kier alpha value is -0.460. The van der Waals surface area contributed by atoms with E-state index < -0.39 is 5.60 Å². The molecule has 1 atom stereocenters. The highest BCUT2D eigenvalue weighted by Crippen LogP contribution is 2.42. The van der Waals surface area contributed by atoms with Crippen molar-refractivity contribution in [3.05, 3.63) is 0 Å². The average molecular weight is 274 g/mol. The number of hydrogen-bond donors (Lipinski definition) is 1. The van der Waals surface area contributed by atoms with E-state index in [1.807, 2.05) is 20.8 Å². The normalized spacial score (nSPS) is 26.2. The highest BCUT2D eigenvalue weighted by atomic mass is 32.2. The van der Waals surface area contributed by atoms with Gasteiger partial charge in [0.15, 0.2) is 0 Å².